The second kappa shape index (κ2) is 5.89. The van der Waals surface area contributed by atoms with E-state index in [-0.39, 0.29) is 0 Å². The number of nitrogens with one attached hydrogen (secondary N) is 1. The molecule has 0 amide bonds. The average molecular weight is 207 g/mol. The molecule has 0 aromatic heterocycles. The summed E-state index contributed by atoms with van der Waals surface area (Å²) < 4.78 is 0. The normalized spacial score (nSPS) is 14.9. The second-order valence-electron chi connectivity index (χ2n) is 4.20. The highest BCUT2D eigenvalue weighted by Crippen LogP contribution is 2.25. The second-order valence-corrected chi connectivity index (χ2v) is 4.20. The van der Waals surface area contributed by atoms with Gasteiger partial charge in [0, 0.05) is 0 Å². The number of benzene rings is 1. The topological polar surface area (TPSA) is 32.3 Å². The molecule has 2 heteroatoms. The molecule has 0 bridgehead atoms. The van der Waals surface area contributed by atoms with Gasteiger partial charge in [-0.15, -0.1) is 0 Å². The van der Waals surface area contributed by atoms with Crippen molar-refractivity contribution >= 4 is 0 Å². The Labute approximate surface area is 92.3 Å². The van der Waals surface area contributed by atoms with Crippen LogP contribution in [0.15, 0.2) is 30.3 Å². The van der Waals surface area contributed by atoms with Crippen LogP contribution in [0, 0.1) is 0 Å². The molecule has 0 aliphatic rings. The van der Waals surface area contributed by atoms with Crippen LogP contribution in [0.2, 0.25) is 0 Å². The van der Waals surface area contributed by atoms with Crippen LogP contribution < -0.4 is 5.32 Å². The molecule has 2 nitrogen and oxygen atoms in total. The molecule has 2 N–H and O–H groups in total. The van der Waals surface area contributed by atoms with Crippen molar-refractivity contribution in [2.75, 3.05) is 13.6 Å². The zero-order valence-corrected chi connectivity index (χ0v) is 9.66. The zero-order valence-electron chi connectivity index (χ0n) is 9.66. The third-order valence-corrected chi connectivity index (χ3v) is 2.74. The molecule has 1 atom stereocenters. The molecular formula is C13H21NO. The third-order valence-electron chi connectivity index (χ3n) is 2.74. The SMILES string of the molecule is CNCCCC[C@](C)(O)c1ccccc1. The molecule has 1 aromatic carbocycles. The Morgan fingerprint density at radius 3 is 2.47 bits per heavy atom. The summed E-state index contributed by atoms with van der Waals surface area (Å²) in [6, 6.07) is 9.88. The molecule has 1 aromatic rings. The van der Waals surface area contributed by atoms with Crippen LogP contribution in [0.4, 0.5) is 0 Å². The minimum absolute atomic E-state index is 0.686. The van der Waals surface area contributed by atoms with E-state index in [2.05, 4.69) is 5.32 Å². The van der Waals surface area contributed by atoms with Gasteiger partial charge < -0.3 is 10.4 Å². The first-order valence-corrected chi connectivity index (χ1v) is 5.59. The molecule has 0 aliphatic carbocycles. The summed E-state index contributed by atoms with van der Waals surface area (Å²) in [4.78, 5) is 0. The summed E-state index contributed by atoms with van der Waals surface area (Å²) >= 11 is 0. The van der Waals surface area contributed by atoms with E-state index in [1.165, 1.54) is 0 Å². The minimum atomic E-state index is -0.686. The maximum absolute atomic E-state index is 10.3. The standard InChI is InChI=1S/C13H21NO/c1-13(15,10-6-7-11-14-2)12-8-4-3-5-9-12/h3-5,8-9,14-15H,6-7,10-11H2,1-2H3/t13-/m0/s1. The number of rotatable bonds is 6. The summed E-state index contributed by atoms with van der Waals surface area (Å²) in [5.41, 5.74) is 0.323. The van der Waals surface area contributed by atoms with Crippen molar-refractivity contribution in [1.82, 2.24) is 5.32 Å². The Morgan fingerprint density at radius 1 is 1.20 bits per heavy atom. The van der Waals surface area contributed by atoms with Crippen molar-refractivity contribution in [1.29, 1.82) is 0 Å². The fraction of sp³-hybridized carbons (Fsp3) is 0.538. The number of hydrogen-bond acceptors (Lipinski definition) is 2. The smallest absolute Gasteiger partial charge is 0.0868 e. The van der Waals surface area contributed by atoms with Gasteiger partial charge in [0.15, 0.2) is 0 Å². The van der Waals surface area contributed by atoms with Gasteiger partial charge in [-0.05, 0) is 45.3 Å². The predicted molar refractivity (Wildman–Crippen MR) is 63.8 cm³/mol. The largest absolute Gasteiger partial charge is 0.385 e. The molecular weight excluding hydrogens is 186 g/mol. The molecule has 0 unspecified atom stereocenters. The van der Waals surface area contributed by atoms with E-state index in [4.69, 9.17) is 0 Å². The molecule has 0 spiro atoms. The molecule has 0 radical (unpaired) electrons. The van der Waals surface area contributed by atoms with Crippen LogP contribution in [0.3, 0.4) is 0 Å². The first kappa shape index (κ1) is 12.2. The van der Waals surface area contributed by atoms with Crippen molar-refractivity contribution in [2.45, 2.75) is 31.8 Å². The average Bonchev–Trinajstić information content (AvgIpc) is 2.26. The van der Waals surface area contributed by atoms with E-state index in [0.717, 1.165) is 31.4 Å². The van der Waals surface area contributed by atoms with E-state index in [1.807, 2.05) is 44.3 Å². The van der Waals surface area contributed by atoms with Crippen LogP contribution in [-0.4, -0.2) is 18.7 Å². The Balaban J connectivity index is 2.45. The Bertz CT molecular complexity index is 269. The van der Waals surface area contributed by atoms with Gasteiger partial charge in [0.25, 0.3) is 0 Å². The molecule has 0 saturated carbocycles. The Morgan fingerprint density at radius 2 is 1.87 bits per heavy atom. The lowest BCUT2D eigenvalue weighted by Gasteiger charge is -2.23. The lowest BCUT2D eigenvalue weighted by molar-refractivity contribution is 0.0451. The highest BCUT2D eigenvalue weighted by Gasteiger charge is 2.21. The van der Waals surface area contributed by atoms with Gasteiger partial charge in [0.05, 0.1) is 5.60 Å². The molecule has 1 rings (SSSR count). The summed E-state index contributed by atoms with van der Waals surface area (Å²) in [7, 11) is 1.95. The molecule has 15 heavy (non-hydrogen) atoms. The first-order chi connectivity index (χ1) is 7.17. The first-order valence-electron chi connectivity index (χ1n) is 5.59. The van der Waals surface area contributed by atoms with Gasteiger partial charge >= 0.3 is 0 Å². The van der Waals surface area contributed by atoms with Gasteiger partial charge in [-0.3, -0.25) is 0 Å². The van der Waals surface area contributed by atoms with E-state index < -0.39 is 5.60 Å². The van der Waals surface area contributed by atoms with Crippen molar-refractivity contribution in [3.8, 4) is 0 Å². The lowest BCUT2D eigenvalue weighted by atomic mass is 9.90. The number of aliphatic hydroxyl groups is 1. The van der Waals surface area contributed by atoms with E-state index in [0.29, 0.717) is 0 Å². The van der Waals surface area contributed by atoms with E-state index >= 15 is 0 Å². The maximum Gasteiger partial charge on any atom is 0.0868 e. The highest BCUT2D eigenvalue weighted by atomic mass is 16.3. The summed E-state index contributed by atoms with van der Waals surface area (Å²) in [5.74, 6) is 0. The van der Waals surface area contributed by atoms with Gasteiger partial charge in [-0.25, -0.2) is 0 Å². The van der Waals surface area contributed by atoms with Crippen molar-refractivity contribution in [2.24, 2.45) is 0 Å². The quantitative estimate of drug-likeness (QED) is 0.701. The van der Waals surface area contributed by atoms with E-state index in [1.54, 1.807) is 0 Å². The van der Waals surface area contributed by atoms with Gasteiger partial charge in [-0.2, -0.15) is 0 Å². The highest BCUT2D eigenvalue weighted by molar-refractivity contribution is 5.21. The van der Waals surface area contributed by atoms with Crippen LogP contribution in [0.1, 0.15) is 31.7 Å². The summed E-state index contributed by atoms with van der Waals surface area (Å²) in [5, 5.41) is 13.4. The van der Waals surface area contributed by atoms with Crippen LogP contribution in [-0.2, 0) is 5.60 Å². The Hall–Kier alpha value is -0.860. The molecule has 0 aliphatic heterocycles. The number of hydrogen-bond donors (Lipinski definition) is 2. The van der Waals surface area contributed by atoms with Crippen LogP contribution in [0.5, 0.6) is 0 Å². The molecule has 0 fully saturated rings. The van der Waals surface area contributed by atoms with Crippen molar-refractivity contribution in [3.05, 3.63) is 35.9 Å². The van der Waals surface area contributed by atoms with Crippen molar-refractivity contribution in [3.63, 3.8) is 0 Å². The molecule has 0 heterocycles. The third kappa shape index (κ3) is 4.02. The monoisotopic (exact) mass is 207 g/mol. The van der Waals surface area contributed by atoms with Crippen molar-refractivity contribution < 1.29 is 5.11 Å². The predicted octanol–water partition coefficient (Wildman–Crippen LogP) is 2.28. The van der Waals surface area contributed by atoms with Gasteiger partial charge in [0.1, 0.15) is 0 Å². The lowest BCUT2D eigenvalue weighted by Crippen LogP contribution is -2.21. The fourth-order valence-electron chi connectivity index (χ4n) is 1.71. The zero-order chi connectivity index (χ0) is 11.1. The minimum Gasteiger partial charge on any atom is -0.385 e. The molecule has 84 valence electrons. The number of unbranched alkanes of at least 4 members (excludes halogenated alkanes) is 1. The fourth-order valence-corrected chi connectivity index (χ4v) is 1.71. The maximum atomic E-state index is 10.3. The summed E-state index contributed by atoms with van der Waals surface area (Å²) in [6.07, 6.45) is 2.97. The van der Waals surface area contributed by atoms with Gasteiger partial charge in [0.2, 0.25) is 0 Å². The van der Waals surface area contributed by atoms with Crippen LogP contribution in [0.25, 0.3) is 0 Å². The molecule has 0 saturated heterocycles. The van der Waals surface area contributed by atoms with Crippen LogP contribution >= 0.6 is 0 Å². The van der Waals surface area contributed by atoms with E-state index in [9.17, 15) is 5.11 Å². The summed E-state index contributed by atoms with van der Waals surface area (Å²) in [6.45, 7) is 2.91. The van der Waals surface area contributed by atoms with Gasteiger partial charge in [-0.1, -0.05) is 30.3 Å². The Kier molecular flexibility index (Phi) is 4.79.